The first-order valence-electron chi connectivity index (χ1n) is 6.43. The summed E-state index contributed by atoms with van der Waals surface area (Å²) in [5, 5.41) is 2.88. The lowest BCUT2D eigenvalue weighted by Gasteiger charge is -2.10. The van der Waals surface area contributed by atoms with Crippen LogP contribution in [0.15, 0.2) is 42.6 Å². The highest BCUT2D eigenvalue weighted by Gasteiger charge is 2.07. The van der Waals surface area contributed by atoms with Gasteiger partial charge in [-0.25, -0.2) is 0 Å². The molecule has 0 radical (unpaired) electrons. The topological polar surface area (TPSA) is 54.1 Å². The SMILES string of the molecule is CCOc1ccccc1NC(=O)CCc1ccc[nH]1. The van der Waals surface area contributed by atoms with Gasteiger partial charge < -0.3 is 15.0 Å². The molecule has 100 valence electrons. The maximum atomic E-state index is 11.9. The van der Waals surface area contributed by atoms with Gasteiger partial charge in [0.05, 0.1) is 12.3 Å². The van der Waals surface area contributed by atoms with Crippen LogP contribution in [-0.4, -0.2) is 17.5 Å². The van der Waals surface area contributed by atoms with E-state index in [0.717, 1.165) is 11.4 Å². The number of hydrogen-bond acceptors (Lipinski definition) is 2. The summed E-state index contributed by atoms with van der Waals surface area (Å²) in [6.07, 6.45) is 3.01. The molecule has 0 aliphatic heterocycles. The Hall–Kier alpha value is -2.23. The number of carbonyl (C=O) groups is 1. The second kappa shape index (κ2) is 6.64. The van der Waals surface area contributed by atoms with E-state index in [1.807, 2.05) is 49.5 Å². The van der Waals surface area contributed by atoms with E-state index in [1.54, 1.807) is 0 Å². The predicted octanol–water partition coefficient (Wildman–Crippen LogP) is 2.98. The van der Waals surface area contributed by atoms with Crippen LogP contribution in [0.25, 0.3) is 0 Å². The fourth-order valence-corrected chi connectivity index (χ4v) is 1.84. The number of benzene rings is 1. The number of aromatic amines is 1. The van der Waals surface area contributed by atoms with Crippen molar-refractivity contribution in [1.29, 1.82) is 0 Å². The van der Waals surface area contributed by atoms with Crippen molar-refractivity contribution in [1.82, 2.24) is 4.98 Å². The molecule has 1 amide bonds. The third-order valence-corrected chi connectivity index (χ3v) is 2.74. The first-order valence-corrected chi connectivity index (χ1v) is 6.43. The highest BCUT2D eigenvalue weighted by atomic mass is 16.5. The van der Waals surface area contributed by atoms with Crippen LogP contribution < -0.4 is 10.1 Å². The van der Waals surface area contributed by atoms with E-state index in [2.05, 4.69) is 10.3 Å². The molecule has 19 heavy (non-hydrogen) atoms. The van der Waals surface area contributed by atoms with Crippen molar-refractivity contribution in [3.63, 3.8) is 0 Å². The number of H-pyrrole nitrogens is 1. The molecule has 0 atom stereocenters. The molecule has 1 aromatic heterocycles. The fraction of sp³-hybridized carbons (Fsp3) is 0.267. The zero-order valence-electron chi connectivity index (χ0n) is 11.0. The lowest BCUT2D eigenvalue weighted by atomic mass is 10.2. The standard InChI is InChI=1S/C15H18N2O2/c1-2-19-14-8-4-3-7-13(14)17-15(18)10-9-12-6-5-11-16-12/h3-8,11,16H,2,9-10H2,1H3,(H,17,18). The zero-order chi connectivity index (χ0) is 13.5. The molecule has 1 aromatic carbocycles. The van der Waals surface area contributed by atoms with Crippen molar-refractivity contribution in [3.05, 3.63) is 48.3 Å². The van der Waals surface area contributed by atoms with E-state index >= 15 is 0 Å². The molecule has 2 N–H and O–H groups in total. The molecule has 0 saturated heterocycles. The Bertz CT molecular complexity index is 521. The Morgan fingerprint density at radius 2 is 2.11 bits per heavy atom. The monoisotopic (exact) mass is 258 g/mol. The van der Waals surface area contributed by atoms with E-state index in [0.29, 0.717) is 25.2 Å². The lowest BCUT2D eigenvalue weighted by molar-refractivity contribution is -0.116. The normalized spacial score (nSPS) is 10.2. The average molecular weight is 258 g/mol. The third-order valence-electron chi connectivity index (χ3n) is 2.74. The Morgan fingerprint density at radius 3 is 2.84 bits per heavy atom. The maximum Gasteiger partial charge on any atom is 0.224 e. The minimum Gasteiger partial charge on any atom is -0.492 e. The Labute approximate surface area is 112 Å². The summed E-state index contributed by atoms with van der Waals surface area (Å²) in [6, 6.07) is 11.4. The van der Waals surface area contributed by atoms with Crippen LogP contribution in [0, 0.1) is 0 Å². The van der Waals surface area contributed by atoms with Gasteiger partial charge in [-0.05, 0) is 37.6 Å². The first kappa shape index (κ1) is 13.2. The number of para-hydroxylation sites is 2. The van der Waals surface area contributed by atoms with Gasteiger partial charge in [0.15, 0.2) is 0 Å². The second-order valence-electron chi connectivity index (χ2n) is 4.17. The molecular weight excluding hydrogens is 240 g/mol. The Balaban J connectivity index is 1.91. The molecule has 0 spiro atoms. The summed E-state index contributed by atoms with van der Waals surface area (Å²) in [5.41, 5.74) is 1.79. The molecule has 0 aliphatic carbocycles. The van der Waals surface area contributed by atoms with Gasteiger partial charge >= 0.3 is 0 Å². The van der Waals surface area contributed by atoms with Crippen LogP contribution in [0.4, 0.5) is 5.69 Å². The van der Waals surface area contributed by atoms with Crippen molar-refractivity contribution < 1.29 is 9.53 Å². The second-order valence-corrected chi connectivity index (χ2v) is 4.17. The third kappa shape index (κ3) is 3.88. The largest absolute Gasteiger partial charge is 0.492 e. The van der Waals surface area contributed by atoms with E-state index in [-0.39, 0.29) is 5.91 Å². The number of nitrogens with one attached hydrogen (secondary N) is 2. The van der Waals surface area contributed by atoms with Crippen LogP contribution in [-0.2, 0) is 11.2 Å². The quantitative estimate of drug-likeness (QED) is 0.837. The Kier molecular flexibility index (Phi) is 4.61. The van der Waals surface area contributed by atoms with Gasteiger partial charge in [-0.15, -0.1) is 0 Å². The number of carbonyl (C=O) groups excluding carboxylic acids is 1. The van der Waals surface area contributed by atoms with E-state index in [9.17, 15) is 4.79 Å². The van der Waals surface area contributed by atoms with Gasteiger partial charge in [-0.2, -0.15) is 0 Å². The van der Waals surface area contributed by atoms with E-state index < -0.39 is 0 Å². The number of aromatic nitrogens is 1. The highest BCUT2D eigenvalue weighted by Crippen LogP contribution is 2.23. The van der Waals surface area contributed by atoms with Gasteiger partial charge in [0.1, 0.15) is 5.75 Å². The van der Waals surface area contributed by atoms with Crippen molar-refractivity contribution in [2.75, 3.05) is 11.9 Å². The van der Waals surface area contributed by atoms with Gasteiger partial charge in [0.2, 0.25) is 5.91 Å². The summed E-state index contributed by atoms with van der Waals surface area (Å²) in [5.74, 6) is 0.694. The summed E-state index contributed by atoms with van der Waals surface area (Å²) < 4.78 is 5.47. The van der Waals surface area contributed by atoms with Crippen LogP contribution in [0.3, 0.4) is 0 Å². The van der Waals surface area contributed by atoms with E-state index in [4.69, 9.17) is 4.74 Å². The number of amides is 1. The molecule has 0 fully saturated rings. The number of anilines is 1. The van der Waals surface area contributed by atoms with Crippen LogP contribution in [0.1, 0.15) is 19.0 Å². The fourth-order valence-electron chi connectivity index (χ4n) is 1.84. The molecule has 2 aromatic rings. The van der Waals surface area contributed by atoms with Crippen molar-refractivity contribution >= 4 is 11.6 Å². The van der Waals surface area contributed by atoms with Gasteiger partial charge in [0.25, 0.3) is 0 Å². The predicted molar refractivity (Wildman–Crippen MR) is 75.4 cm³/mol. The minimum absolute atomic E-state index is 0.0123. The number of aryl methyl sites for hydroxylation is 1. The molecule has 2 rings (SSSR count). The number of rotatable bonds is 6. The number of ether oxygens (including phenoxy) is 1. The number of hydrogen-bond donors (Lipinski definition) is 2. The summed E-state index contributed by atoms with van der Waals surface area (Å²) in [4.78, 5) is 15.0. The van der Waals surface area contributed by atoms with Crippen LogP contribution in [0.2, 0.25) is 0 Å². The summed E-state index contributed by atoms with van der Waals surface area (Å²) >= 11 is 0. The van der Waals surface area contributed by atoms with Crippen LogP contribution in [0.5, 0.6) is 5.75 Å². The molecule has 0 saturated carbocycles. The average Bonchev–Trinajstić information content (AvgIpc) is 2.92. The molecule has 4 heteroatoms. The first-order chi connectivity index (χ1) is 9.29. The van der Waals surface area contributed by atoms with Crippen molar-refractivity contribution in [2.24, 2.45) is 0 Å². The maximum absolute atomic E-state index is 11.9. The van der Waals surface area contributed by atoms with Crippen molar-refractivity contribution in [2.45, 2.75) is 19.8 Å². The van der Waals surface area contributed by atoms with Gasteiger partial charge in [0, 0.05) is 18.3 Å². The molecule has 0 unspecified atom stereocenters. The van der Waals surface area contributed by atoms with Crippen molar-refractivity contribution in [3.8, 4) is 5.75 Å². The van der Waals surface area contributed by atoms with E-state index in [1.165, 1.54) is 0 Å². The lowest BCUT2D eigenvalue weighted by Crippen LogP contribution is -2.13. The van der Waals surface area contributed by atoms with Gasteiger partial charge in [-0.1, -0.05) is 12.1 Å². The zero-order valence-corrected chi connectivity index (χ0v) is 11.0. The summed E-state index contributed by atoms with van der Waals surface area (Å²) in [6.45, 7) is 2.50. The molecule has 0 aliphatic rings. The molecule has 1 heterocycles. The summed E-state index contributed by atoms with van der Waals surface area (Å²) in [7, 11) is 0. The van der Waals surface area contributed by atoms with Gasteiger partial charge in [-0.3, -0.25) is 4.79 Å². The van der Waals surface area contributed by atoms with Crippen LogP contribution >= 0.6 is 0 Å². The smallest absolute Gasteiger partial charge is 0.224 e. The molecule has 0 bridgehead atoms. The Morgan fingerprint density at radius 1 is 1.26 bits per heavy atom. The molecular formula is C15H18N2O2. The molecule has 4 nitrogen and oxygen atoms in total. The minimum atomic E-state index is -0.0123. The highest BCUT2D eigenvalue weighted by molar-refractivity contribution is 5.92.